The average Bonchev–Trinajstić information content (AvgIpc) is 3.15. The summed E-state index contributed by atoms with van der Waals surface area (Å²) in [5.74, 6) is 0.0416. The van der Waals surface area contributed by atoms with Crippen LogP contribution in [0.1, 0.15) is 48.3 Å². The largest absolute Gasteiger partial charge is 0.494 e. The van der Waals surface area contributed by atoms with E-state index in [0.29, 0.717) is 23.1 Å². The molecule has 0 saturated heterocycles. The van der Waals surface area contributed by atoms with Gasteiger partial charge in [-0.3, -0.25) is 9.59 Å². The van der Waals surface area contributed by atoms with Crippen LogP contribution in [0.15, 0.2) is 48.5 Å². The van der Waals surface area contributed by atoms with Crippen LogP contribution in [0.5, 0.6) is 5.75 Å². The first-order valence-electron chi connectivity index (χ1n) is 10.3. The van der Waals surface area contributed by atoms with E-state index < -0.39 is 0 Å². The zero-order valence-corrected chi connectivity index (χ0v) is 18.4. The maximum atomic E-state index is 13.2. The van der Waals surface area contributed by atoms with Crippen LogP contribution in [0.3, 0.4) is 0 Å². The number of thiazole rings is 1. The van der Waals surface area contributed by atoms with E-state index in [2.05, 4.69) is 17.2 Å². The number of aryl methyl sites for hydroxylation is 1. The number of carbonyl (C=O) groups excluding carboxylic acids is 2. The molecule has 1 heterocycles. The fraction of sp³-hybridized carbons (Fsp3) is 0.292. The molecule has 1 N–H and O–H groups in total. The van der Waals surface area contributed by atoms with Crippen LogP contribution in [0, 0.1) is 5.82 Å². The fourth-order valence-corrected chi connectivity index (χ4v) is 4.19. The second-order valence-electron chi connectivity index (χ2n) is 6.98. The van der Waals surface area contributed by atoms with Crippen LogP contribution in [-0.2, 0) is 11.2 Å². The van der Waals surface area contributed by atoms with Crippen molar-refractivity contribution in [3.05, 3.63) is 64.8 Å². The summed E-state index contributed by atoms with van der Waals surface area (Å²) in [6.45, 7) is 4.53. The number of hydrogen-bond acceptors (Lipinski definition) is 5. The zero-order chi connectivity index (χ0) is 22.2. The molecule has 0 atom stereocenters. The molecule has 1 aromatic heterocycles. The zero-order valence-electron chi connectivity index (χ0n) is 17.6. The molecule has 0 spiro atoms. The van der Waals surface area contributed by atoms with Crippen molar-refractivity contribution >= 4 is 28.2 Å². The summed E-state index contributed by atoms with van der Waals surface area (Å²) in [7, 11) is 0. The Labute approximate surface area is 185 Å². The predicted octanol–water partition coefficient (Wildman–Crippen LogP) is 5.90. The molecular weight excluding hydrogens is 415 g/mol. The van der Waals surface area contributed by atoms with Crippen molar-refractivity contribution in [1.82, 2.24) is 4.98 Å². The van der Waals surface area contributed by atoms with Gasteiger partial charge in [-0.1, -0.05) is 13.3 Å². The lowest BCUT2D eigenvalue weighted by molar-refractivity contribution is -0.116. The average molecular weight is 441 g/mol. The van der Waals surface area contributed by atoms with Gasteiger partial charge >= 0.3 is 0 Å². The molecule has 3 aromatic rings. The van der Waals surface area contributed by atoms with Gasteiger partial charge in [0, 0.05) is 28.8 Å². The molecule has 0 fully saturated rings. The minimum absolute atomic E-state index is 0.0701. The normalized spacial score (nSPS) is 10.7. The van der Waals surface area contributed by atoms with Gasteiger partial charge in [-0.15, -0.1) is 11.3 Å². The van der Waals surface area contributed by atoms with Gasteiger partial charge in [0.1, 0.15) is 11.6 Å². The van der Waals surface area contributed by atoms with E-state index in [0.717, 1.165) is 29.0 Å². The number of nitrogens with one attached hydrogen (secondary N) is 1. The lowest BCUT2D eigenvalue weighted by Gasteiger charge is -2.05. The molecule has 5 nitrogen and oxygen atoms in total. The number of carbonyl (C=O) groups is 2. The Hall–Kier alpha value is -3.06. The van der Waals surface area contributed by atoms with Gasteiger partial charge in [-0.2, -0.15) is 0 Å². The first kappa shape index (κ1) is 22.6. The summed E-state index contributed by atoms with van der Waals surface area (Å²) in [4.78, 5) is 30.3. The van der Waals surface area contributed by atoms with Crippen LogP contribution in [0.25, 0.3) is 11.3 Å². The number of benzene rings is 2. The summed E-state index contributed by atoms with van der Waals surface area (Å²) in [5.41, 5.74) is 2.12. The highest BCUT2D eigenvalue weighted by Gasteiger charge is 2.16. The Balaban J connectivity index is 1.61. The SMILES string of the molecule is CCCc1sc(NC(=O)CCC(=O)c2ccc(OCC)cc2)nc1-c1ccc(F)cc1. The van der Waals surface area contributed by atoms with Gasteiger partial charge < -0.3 is 10.1 Å². The Bertz CT molecular complexity index is 1030. The van der Waals surface area contributed by atoms with E-state index in [1.165, 1.54) is 23.5 Å². The molecule has 0 saturated carbocycles. The third-order valence-electron chi connectivity index (χ3n) is 4.60. The Morgan fingerprint density at radius 1 is 1.03 bits per heavy atom. The van der Waals surface area contributed by atoms with Crippen molar-refractivity contribution in [2.75, 3.05) is 11.9 Å². The summed E-state index contributed by atoms with van der Waals surface area (Å²) < 4.78 is 18.6. The van der Waals surface area contributed by atoms with Crippen LogP contribution in [-0.4, -0.2) is 23.3 Å². The molecule has 3 rings (SSSR count). The van der Waals surface area contributed by atoms with Crippen LogP contribution in [0.2, 0.25) is 0 Å². The number of anilines is 1. The van der Waals surface area contributed by atoms with E-state index in [1.54, 1.807) is 36.4 Å². The molecule has 1 amide bonds. The highest BCUT2D eigenvalue weighted by Crippen LogP contribution is 2.32. The predicted molar refractivity (Wildman–Crippen MR) is 121 cm³/mol. The topological polar surface area (TPSA) is 68.3 Å². The molecule has 0 radical (unpaired) electrons. The first-order chi connectivity index (χ1) is 15.0. The Morgan fingerprint density at radius 2 is 1.74 bits per heavy atom. The minimum Gasteiger partial charge on any atom is -0.494 e. The van der Waals surface area contributed by atoms with Crippen molar-refractivity contribution in [3.8, 4) is 17.0 Å². The number of aromatic nitrogens is 1. The third kappa shape index (κ3) is 6.21. The molecule has 0 aliphatic heterocycles. The Morgan fingerprint density at radius 3 is 2.39 bits per heavy atom. The van der Waals surface area contributed by atoms with E-state index in [4.69, 9.17) is 4.74 Å². The minimum atomic E-state index is -0.304. The maximum Gasteiger partial charge on any atom is 0.226 e. The summed E-state index contributed by atoms with van der Waals surface area (Å²) in [6.07, 6.45) is 1.93. The summed E-state index contributed by atoms with van der Waals surface area (Å²) >= 11 is 1.41. The number of hydrogen-bond donors (Lipinski definition) is 1. The highest BCUT2D eigenvalue weighted by molar-refractivity contribution is 7.16. The van der Waals surface area contributed by atoms with Gasteiger partial charge in [0.2, 0.25) is 5.91 Å². The van der Waals surface area contributed by atoms with Crippen LogP contribution >= 0.6 is 11.3 Å². The molecule has 7 heteroatoms. The van der Waals surface area contributed by atoms with Gasteiger partial charge in [0.15, 0.2) is 10.9 Å². The molecule has 0 unspecified atom stereocenters. The van der Waals surface area contributed by atoms with Crippen molar-refractivity contribution < 1.29 is 18.7 Å². The third-order valence-corrected chi connectivity index (χ3v) is 5.64. The number of Topliss-reactive ketones (excluding diaryl/α,β-unsaturated/α-hetero) is 1. The lowest BCUT2D eigenvalue weighted by atomic mass is 10.1. The smallest absolute Gasteiger partial charge is 0.226 e. The van der Waals surface area contributed by atoms with Crippen molar-refractivity contribution in [2.45, 2.75) is 39.5 Å². The van der Waals surface area contributed by atoms with Crippen molar-refractivity contribution in [3.63, 3.8) is 0 Å². The van der Waals surface area contributed by atoms with Crippen molar-refractivity contribution in [2.24, 2.45) is 0 Å². The number of rotatable bonds is 10. The number of amides is 1. The molecule has 0 aliphatic rings. The lowest BCUT2D eigenvalue weighted by Crippen LogP contribution is -2.13. The number of ketones is 1. The molecule has 0 bridgehead atoms. The van der Waals surface area contributed by atoms with Crippen molar-refractivity contribution in [1.29, 1.82) is 0 Å². The molecular formula is C24H25FN2O3S. The first-order valence-corrected chi connectivity index (χ1v) is 11.1. The van der Waals surface area contributed by atoms with Crippen LogP contribution < -0.4 is 10.1 Å². The highest BCUT2D eigenvalue weighted by atomic mass is 32.1. The molecule has 2 aromatic carbocycles. The van der Waals surface area contributed by atoms with E-state index >= 15 is 0 Å². The number of halogens is 1. The monoisotopic (exact) mass is 440 g/mol. The van der Waals surface area contributed by atoms with Gasteiger partial charge in [-0.25, -0.2) is 9.37 Å². The summed E-state index contributed by atoms with van der Waals surface area (Å²) in [6, 6.07) is 13.1. The molecule has 162 valence electrons. The van der Waals surface area contributed by atoms with Gasteiger partial charge in [0.25, 0.3) is 0 Å². The maximum absolute atomic E-state index is 13.2. The van der Waals surface area contributed by atoms with Gasteiger partial charge in [0.05, 0.1) is 12.3 Å². The number of nitrogens with zero attached hydrogens (tertiary/aromatic N) is 1. The quantitative estimate of drug-likeness (QED) is 0.399. The van der Waals surface area contributed by atoms with E-state index in [1.807, 2.05) is 6.92 Å². The van der Waals surface area contributed by atoms with Crippen LogP contribution in [0.4, 0.5) is 9.52 Å². The van der Waals surface area contributed by atoms with Gasteiger partial charge in [-0.05, 0) is 61.9 Å². The second-order valence-corrected chi connectivity index (χ2v) is 8.06. The standard InChI is InChI=1S/C24H25FN2O3S/c1-3-5-21-23(17-6-10-18(25)11-7-17)27-24(31-21)26-22(29)15-14-20(28)16-8-12-19(13-9-16)30-4-2/h6-13H,3-5,14-15H2,1-2H3,(H,26,27,29). The summed E-state index contributed by atoms with van der Waals surface area (Å²) in [5, 5.41) is 3.28. The number of ether oxygens (including phenoxy) is 1. The van der Waals surface area contributed by atoms with E-state index in [9.17, 15) is 14.0 Å². The van der Waals surface area contributed by atoms with E-state index in [-0.39, 0.29) is 30.3 Å². The Kier molecular flexibility index (Phi) is 7.89. The molecule has 0 aliphatic carbocycles. The second kappa shape index (κ2) is 10.8. The fourth-order valence-electron chi connectivity index (χ4n) is 3.09. The molecule has 31 heavy (non-hydrogen) atoms.